The van der Waals surface area contributed by atoms with Crippen molar-refractivity contribution in [3.8, 4) is 10.4 Å². The van der Waals surface area contributed by atoms with E-state index in [1.54, 1.807) is 32.1 Å². The van der Waals surface area contributed by atoms with Gasteiger partial charge in [0, 0.05) is 24.9 Å². The topological polar surface area (TPSA) is 106 Å². The molecule has 0 saturated carbocycles. The lowest BCUT2D eigenvalue weighted by Crippen LogP contribution is -2.49. The molecule has 8 heteroatoms. The van der Waals surface area contributed by atoms with Crippen LogP contribution in [-0.4, -0.2) is 51.2 Å². The second-order valence-corrected chi connectivity index (χ2v) is 9.52. The quantitative estimate of drug-likeness (QED) is 0.637. The Hall–Kier alpha value is -2.58. The normalized spacial score (nSPS) is 19.0. The molecule has 1 fully saturated rings. The molecule has 160 valence electrons. The summed E-state index contributed by atoms with van der Waals surface area (Å²) in [4.78, 5) is 32.2. The number of carbonyl (C=O) groups excluding carboxylic acids is 2. The third-order valence-corrected chi connectivity index (χ3v) is 6.21. The first-order chi connectivity index (χ1) is 14.1. The van der Waals surface area contributed by atoms with Gasteiger partial charge in [-0.3, -0.25) is 15.0 Å². The average Bonchev–Trinajstić information content (AvgIpc) is 3.30. The van der Waals surface area contributed by atoms with Crippen LogP contribution in [0.3, 0.4) is 0 Å². The fourth-order valence-electron chi connectivity index (χ4n) is 3.41. The van der Waals surface area contributed by atoms with Crippen LogP contribution >= 0.6 is 11.3 Å². The van der Waals surface area contributed by atoms with Crippen molar-refractivity contribution in [1.82, 2.24) is 15.2 Å². The number of thiazole rings is 1. The predicted octanol–water partition coefficient (Wildman–Crippen LogP) is 2.76. The minimum absolute atomic E-state index is 0.0663. The number of nitrogens with zero attached hydrogens (tertiary/aromatic N) is 2. The third kappa shape index (κ3) is 4.76. The van der Waals surface area contributed by atoms with Crippen molar-refractivity contribution < 1.29 is 14.7 Å². The van der Waals surface area contributed by atoms with E-state index in [-0.39, 0.29) is 24.6 Å². The van der Waals surface area contributed by atoms with Crippen LogP contribution in [0.1, 0.15) is 38.4 Å². The first-order valence-electron chi connectivity index (χ1n) is 9.93. The van der Waals surface area contributed by atoms with Gasteiger partial charge in [-0.15, -0.1) is 11.3 Å². The van der Waals surface area contributed by atoms with Crippen LogP contribution in [0.4, 0.5) is 0 Å². The second kappa shape index (κ2) is 8.65. The van der Waals surface area contributed by atoms with E-state index in [2.05, 4.69) is 10.3 Å². The number of β-amino-alcohol motifs (C(OH)–C–C–N with tert-alkyl or cyclic N) is 1. The van der Waals surface area contributed by atoms with Gasteiger partial charge in [-0.2, -0.15) is 0 Å². The number of benzene rings is 1. The molecule has 0 spiro atoms. The zero-order chi connectivity index (χ0) is 22.1. The first-order valence-corrected chi connectivity index (χ1v) is 10.8. The van der Waals surface area contributed by atoms with E-state index in [0.29, 0.717) is 6.54 Å². The van der Waals surface area contributed by atoms with Crippen LogP contribution < -0.4 is 5.32 Å². The van der Waals surface area contributed by atoms with Crippen molar-refractivity contribution >= 4 is 28.9 Å². The number of rotatable bonds is 5. The molecule has 0 radical (unpaired) electrons. The summed E-state index contributed by atoms with van der Waals surface area (Å²) in [6, 6.07) is 7.14. The molecule has 2 aromatic rings. The van der Waals surface area contributed by atoms with Crippen molar-refractivity contribution in [2.75, 3.05) is 6.54 Å². The summed E-state index contributed by atoms with van der Waals surface area (Å²) in [5, 5.41) is 21.0. The van der Waals surface area contributed by atoms with Gasteiger partial charge in [0.2, 0.25) is 5.91 Å². The Kier molecular flexibility index (Phi) is 6.38. The number of aromatic nitrogens is 1. The highest BCUT2D eigenvalue weighted by molar-refractivity contribution is 7.13. The number of aryl methyl sites for hydroxylation is 1. The fourth-order valence-corrected chi connectivity index (χ4v) is 4.22. The number of hydrogen-bond acceptors (Lipinski definition) is 6. The molecule has 1 aliphatic heterocycles. The van der Waals surface area contributed by atoms with Crippen LogP contribution in [0.2, 0.25) is 0 Å². The van der Waals surface area contributed by atoms with Gasteiger partial charge in [-0.05, 0) is 18.1 Å². The summed E-state index contributed by atoms with van der Waals surface area (Å²) >= 11 is 1.59. The van der Waals surface area contributed by atoms with Gasteiger partial charge in [0.05, 0.1) is 22.2 Å². The van der Waals surface area contributed by atoms with Crippen molar-refractivity contribution in [1.29, 1.82) is 5.41 Å². The second-order valence-electron chi connectivity index (χ2n) is 8.67. The number of carbonyl (C=O) groups is 2. The standard InChI is InChI=1S/C22H28N4O3S/c1-13-18(30-12-25-13)15-7-5-14(6-8-15)10-24-20(28)17-9-16(27)11-26(17)21(29)19(23)22(2,3)4/h5-8,12,16-17,23,27H,9-11H2,1-4H3,(H,24,28)/t16-,17+/m1/s1. The van der Waals surface area contributed by atoms with E-state index in [9.17, 15) is 14.7 Å². The first kappa shape index (κ1) is 22.1. The number of aliphatic hydroxyl groups excluding tert-OH is 1. The molecule has 30 heavy (non-hydrogen) atoms. The van der Waals surface area contributed by atoms with Crippen LogP contribution in [0, 0.1) is 17.7 Å². The Labute approximate surface area is 180 Å². The van der Waals surface area contributed by atoms with E-state index in [1.165, 1.54) is 4.90 Å². The maximum absolute atomic E-state index is 12.8. The number of amides is 2. The number of nitrogens with one attached hydrogen (secondary N) is 2. The van der Waals surface area contributed by atoms with Crippen molar-refractivity contribution in [3.63, 3.8) is 0 Å². The Morgan fingerprint density at radius 1 is 1.30 bits per heavy atom. The molecular formula is C22H28N4O3S. The van der Waals surface area contributed by atoms with Crippen molar-refractivity contribution in [3.05, 3.63) is 41.0 Å². The van der Waals surface area contributed by atoms with Gasteiger partial charge in [0.25, 0.3) is 5.91 Å². The molecular weight excluding hydrogens is 400 g/mol. The molecule has 3 rings (SSSR count). The Morgan fingerprint density at radius 3 is 2.53 bits per heavy atom. The molecule has 1 aromatic carbocycles. The van der Waals surface area contributed by atoms with E-state index < -0.39 is 23.5 Å². The van der Waals surface area contributed by atoms with Gasteiger partial charge in [0.1, 0.15) is 11.8 Å². The molecule has 1 saturated heterocycles. The smallest absolute Gasteiger partial charge is 0.268 e. The average molecular weight is 429 g/mol. The maximum atomic E-state index is 12.8. The van der Waals surface area contributed by atoms with E-state index in [4.69, 9.17) is 5.41 Å². The highest BCUT2D eigenvalue weighted by Crippen LogP contribution is 2.27. The highest BCUT2D eigenvalue weighted by atomic mass is 32.1. The number of likely N-dealkylation sites (tertiary alicyclic amines) is 1. The van der Waals surface area contributed by atoms with Crippen LogP contribution in [0.5, 0.6) is 0 Å². The monoisotopic (exact) mass is 428 g/mol. The molecule has 3 N–H and O–H groups in total. The Balaban J connectivity index is 1.64. The molecule has 0 aliphatic carbocycles. The number of hydrogen-bond donors (Lipinski definition) is 3. The lowest BCUT2D eigenvalue weighted by molar-refractivity contribution is -0.134. The van der Waals surface area contributed by atoms with Crippen molar-refractivity contribution in [2.24, 2.45) is 5.41 Å². The minimum atomic E-state index is -0.769. The SMILES string of the molecule is Cc1ncsc1-c1ccc(CNC(=O)[C@@H]2C[C@@H](O)CN2C(=O)C(=N)C(C)(C)C)cc1. The maximum Gasteiger partial charge on any atom is 0.268 e. The van der Waals surface area contributed by atoms with Crippen LogP contribution in [-0.2, 0) is 16.1 Å². The fraction of sp³-hybridized carbons (Fsp3) is 0.455. The Bertz CT molecular complexity index is 946. The van der Waals surface area contributed by atoms with E-state index >= 15 is 0 Å². The van der Waals surface area contributed by atoms with Gasteiger partial charge >= 0.3 is 0 Å². The predicted molar refractivity (Wildman–Crippen MR) is 117 cm³/mol. The summed E-state index contributed by atoms with van der Waals surface area (Å²) < 4.78 is 0. The molecule has 0 unspecified atom stereocenters. The lowest BCUT2D eigenvalue weighted by atomic mass is 9.89. The summed E-state index contributed by atoms with van der Waals surface area (Å²) in [7, 11) is 0. The molecule has 7 nitrogen and oxygen atoms in total. The van der Waals surface area contributed by atoms with Crippen LogP contribution in [0.15, 0.2) is 29.8 Å². The molecule has 2 atom stereocenters. The van der Waals surface area contributed by atoms with Gasteiger partial charge < -0.3 is 15.3 Å². The Morgan fingerprint density at radius 2 is 1.97 bits per heavy atom. The minimum Gasteiger partial charge on any atom is -0.391 e. The summed E-state index contributed by atoms with van der Waals surface area (Å²) in [5.74, 6) is -0.813. The molecule has 0 bridgehead atoms. The third-order valence-electron chi connectivity index (χ3n) is 5.23. The van der Waals surface area contributed by atoms with Gasteiger partial charge in [0.15, 0.2) is 0 Å². The zero-order valence-corrected chi connectivity index (χ0v) is 18.5. The summed E-state index contributed by atoms with van der Waals surface area (Å²) in [6.45, 7) is 7.72. The van der Waals surface area contributed by atoms with E-state index in [1.807, 2.05) is 36.7 Å². The number of aliphatic hydroxyl groups is 1. The van der Waals surface area contributed by atoms with Gasteiger partial charge in [-0.25, -0.2) is 4.98 Å². The summed E-state index contributed by atoms with van der Waals surface area (Å²) in [5.41, 5.74) is 4.15. The molecule has 2 amide bonds. The molecule has 1 aromatic heterocycles. The highest BCUT2D eigenvalue weighted by Gasteiger charge is 2.41. The van der Waals surface area contributed by atoms with Crippen LogP contribution in [0.25, 0.3) is 10.4 Å². The lowest BCUT2D eigenvalue weighted by Gasteiger charge is -2.28. The zero-order valence-electron chi connectivity index (χ0n) is 17.7. The summed E-state index contributed by atoms with van der Waals surface area (Å²) in [6.07, 6.45) is -0.585. The van der Waals surface area contributed by atoms with Gasteiger partial charge in [-0.1, -0.05) is 45.0 Å². The molecule has 2 heterocycles. The van der Waals surface area contributed by atoms with E-state index in [0.717, 1.165) is 21.7 Å². The largest absolute Gasteiger partial charge is 0.391 e. The van der Waals surface area contributed by atoms with Crippen molar-refractivity contribution in [2.45, 2.75) is 52.8 Å². The molecule has 1 aliphatic rings.